The van der Waals surface area contributed by atoms with Gasteiger partial charge in [0.05, 0.1) is 5.60 Å². The van der Waals surface area contributed by atoms with Crippen molar-refractivity contribution in [3.05, 3.63) is 0 Å². The minimum atomic E-state index is 0.227. The number of thioether (sulfide) groups is 2. The molecule has 21 heavy (non-hydrogen) atoms. The molecule has 2 nitrogen and oxygen atoms in total. The summed E-state index contributed by atoms with van der Waals surface area (Å²) in [5.74, 6) is 6.74. The molecule has 2 aliphatic rings. The molecule has 2 unspecified atom stereocenters. The molecular formula is C17H33NOS2. The third-order valence-corrected chi connectivity index (χ3v) is 7.20. The third kappa shape index (κ3) is 5.63. The lowest BCUT2D eigenvalue weighted by Crippen LogP contribution is -2.49. The van der Waals surface area contributed by atoms with Crippen LogP contribution in [0, 0.1) is 11.8 Å². The Hall–Kier alpha value is 0.620. The SMILES string of the molecule is CCNC(CSCC(C)C)C1CCOC2(CCSCC2)C1. The van der Waals surface area contributed by atoms with Gasteiger partial charge in [-0.05, 0) is 61.3 Å². The van der Waals surface area contributed by atoms with Gasteiger partial charge in [0, 0.05) is 18.4 Å². The Balaban J connectivity index is 1.88. The van der Waals surface area contributed by atoms with E-state index < -0.39 is 0 Å². The summed E-state index contributed by atoms with van der Waals surface area (Å²) in [6, 6.07) is 0.675. The van der Waals surface area contributed by atoms with E-state index in [1.54, 1.807) is 0 Å². The molecule has 1 N–H and O–H groups in total. The quantitative estimate of drug-likeness (QED) is 0.759. The van der Waals surface area contributed by atoms with Gasteiger partial charge in [-0.25, -0.2) is 0 Å². The number of nitrogens with one attached hydrogen (secondary N) is 1. The first-order valence-electron chi connectivity index (χ1n) is 8.68. The van der Waals surface area contributed by atoms with E-state index in [1.807, 2.05) is 0 Å². The average molecular weight is 332 g/mol. The van der Waals surface area contributed by atoms with Crippen molar-refractivity contribution >= 4 is 23.5 Å². The summed E-state index contributed by atoms with van der Waals surface area (Å²) < 4.78 is 6.26. The molecule has 2 atom stereocenters. The molecule has 0 aliphatic carbocycles. The van der Waals surface area contributed by atoms with E-state index in [-0.39, 0.29) is 5.60 Å². The summed E-state index contributed by atoms with van der Waals surface area (Å²) in [5.41, 5.74) is 0.227. The van der Waals surface area contributed by atoms with Crippen molar-refractivity contribution in [1.82, 2.24) is 5.32 Å². The highest BCUT2D eigenvalue weighted by Gasteiger charge is 2.40. The molecule has 124 valence electrons. The predicted octanol–water partition coefficient (Wildman–Crippen LogP) is 4.05. The normalized spacial score (nSPS) is 27.1. The van der Waals surface area contributed by atoms with E-state index >= 15 is 0 Å². The minimum absolute atomic E-state index is 0.227. The van der Waals surface area contributed by atoms with Crippen LogP contribution >= 0.6 is 23.5 Å². The van der Waals surface area contributed by atoms with Crippen LogP contribution < -0.4 is 5.32 Å². The minimum Gasteiger partial charge on any atom is -0.375 e. The summed E-state index contributed by atoms with van der Waals surface area (Å²) in [5, 5.41) is 3.77. The molecule has 0 aromatic carbocycles. The van der Waals surface area contributed by atoms with Crippen LogP contribution in [-0.2, 0) is 4.74 Å². The Labute approximate surface area is 139 Å². The van der Waals surface area contributed by atoms with Crippen LogP contribution in [0.15, 0.2) is 0 Å². The van der Waals surface area contributed by atoms with Crippen molar-refractivity contribution in [2.45, 2.75) is 58.1 Å². The van der Waals surface area contributed by atoms with Crippen molar-refractivity contribution < 1.29 is 4.74 Å². The maximum absolute atomic E-state index is 6.26. The zero-order chi connectivity index (χ0) is 15.1. The van der Waals surface area contributed by atoms with Gasteiger partial charge in [-0.1, -0.05) is 20.8 Å². The molecule has 0 aromatic rings. The van der Waals surface area contributed by atoms with Gasteiger partial charge >= 0.3 is 0 Å². The zero-order valence-corrected chi connectivity index (χ0v) is 15.7. The highest BCUT2D eigenvalue weighted by atomic mass is 32.2. The molecule has 0 bridgehead atoms. The van der Waals surface area contributed by atoms with E-state index in [0.717, 1.165) is 25.0 Å². The maximum atomic E-state index is 6.26. The molecule has 2 aliphatic heterocycles. The number of hydrogen-bond donors (Lipinski definition) is 1. The second-order valence-electron chi connectivity index (χ2n) is 6.99. The fourth-order valence-corrected chi connectivity index (χ4v) is 6.04. The Morgan fingerprint density at radius 2 is 2.05 bits per heavy atom. The fraction of sp³-hybridized carbons (Fsp3) is 1.00. The number of hydrogen-bond acceptors (Lipinski definition) is 4. The summed E-state index contributed by atoms with van der Waals surface area (Å²) >= 11 is 4.23. The molecule has 0 amide bonds. The fourth-order valence-electron chi connectivity index (χ4n) is 3.56. The van der Waals surface area contributed by atoms with Crippen molar-refractivity contribution in [2.24, 2.45) is 11.8 Å². The summed E-state index contributed by atoms with van der Waals surface area (Å²) in [6.07, 6.45) is 5.07. The van der Waals surface area contributed by atoms with Gasteiger partial charge < -0.3 is 10.1 Å². The molecule has 0 radical (unpaired) electrons. The van der Waals surface area contributed by atoms with Gasteiger partial charge in [0.1, 0.15) is 0 Å². The molecule has 0 aromatic heterocycles. The molecule has 1 spiro atoms. The van der Waals surface area contributed by atoms with Crippen molar-refractivity contribution in [2.75, 3.05) is 36.2 Å². The predicted molar refractivity (Wildman–Crippen MR) is 97.6 cm³/mol. The third-order valence-electron chi connectivity index (χ3n) is 4.72. The Morgan fingerprint density at radius 3 is 2.71 bits per heavy atom. The summed E-state index contributed by atoms with van der Waals surface area (Å²) in [4.78, 5) is 0. The molecule has 2 heterocycles. The van der Waals surface area contributed by atoms with E-state index in [0.29, 0.717) is 6.04 Å². The van der Waals surface area contributed by atoms with E-state index in [2.05, 4.69) is 49.6 Å². The van der Waals surface area contributed by atoms with Gasteiger partial charge in [-0.2, -0.15) is 23.5 Å². The molecule has 2 fully saturated rings. The van der Waals surface area contributed by atoms with Crippen LogP contribution in [0.25, 0.3) is 0 Å². The second-order valence-corrected chi connectivity index (χ2v) is 9.29. The lowest BCUT2D eigenvalue weighted by molar-refractivity contribution is -0.106. The highest BCUT2D eigenvalue weighted by Crippen LogP contribution is 2.41. The molecule has 2 saturated heterocycles. The largest absolute Gasteiger partial charge is 0.375 e. The summed E-state index contributed by atoms with van der Waals surface area (Å²) in [7, 11) is 0. The van der Waals surface area contributed by atoms with Crippen LogP contribution in [0.4, 0.5) is 0 Å². The number of ether oxygens (including phenoxy) is 1. The Bertz CT molecular complexity index is 287. The standard InChI is InChI=1S/C17H33NOS2/c1-4-18-16(13-21-12-14(2)3)15-5-8-19-17(11-15)6-9-20-10-7-17/h14-16,18H,4-13H2,1-3H3. The number of rotatable bonds is 7. The topological polar surface area (TPSA) is 21.3 Å². The smallest absolute Gasteiger partial charge is 0.0701 e. The maximum Gasteiger partial charge on any atom is 0.0701 e. The first kappa shape index (κ1) is 18.0. The van der Waals surface area contributed by atoms with E-state index in [9.17, 15) is 0 Å². The van der Waals surface area contributed by atoms with E-state index in [1.165, 1.54) is 48.7 Å². The van der Waals surface area contributed by atoms with Gasteiger partial charge in [0.2, 0.25) is 0 Å². The first-order chi connectivity index (χ1) is 10.2. The van der Waals surface area contributed by atoms with Crippen LogP contribution in [-0.4, -0.2) is 47.8 Å². The van der Waals surface area contributed by atoms with Crippen molar-refractivity contribution in [3.63, 3.8) is 0 Å². The van der Waals surface area contributed by atoms with Gasteiger partial charge in [0.25, 0.3) is 0 Å². The molecule has 0 saturated carbocycles. The Kier molecular flexibility index (Phi) is 7.74. The van der Waals surface area contributed by atoms with Gasteiger partial charge in [-0.15, -0.1) is 0 Å². The lowest BCUT2D eigenvalue weighted by Gasteiger charge is -2.45. The molecule has 2 rings (SSSR count). The lowest BCUT2D eigenvalue weighted by atomic mass is 9.79. The average Bonchev–Trinajstić information content (AvgIpc) is 2.47. The van der Waals surface area contributed by atoms with Crippen molar-refractivity contribution in [1.29, 1.82) is 0 Å². The monoisotopic (exact) mass is 331 g/mol. The first-order valence-corrected chi connectivity index (χ1v) is 11.0. The van der Waals surface area contributed by atoms with Crippen LogP contribution in [0.2, 0.25) is 0 Å². The van der Waals surface area contributed by atoms with Crippen molar-refractivity contribution in [3.8, 4) is 0 Å². The molecule has 4 heteroatoms. The van der Waals surface area contributed by atoms with Gasteiger partial charge in [-0.3, -0.25) is 0 Å². The second kappa shape index (κ2) is 9.05. The molecular weight excluding hydrogens is 298 g/mol. The Morgan fingerprint density at radius 1 is 1.29 bits per heavy atom. The van der Waals surface area contributed by atoms with E-state index in [4.69, 9.17) is 4.74 Å². The van der Waals surface area contributed by atoms with Crippen LogP contribution in [0.3, 0.4) is 0 Å². The summed E-state index contributed by atoms with van der Waals surface area (Å²) in [6.45, 7) is 8.95. The van der Waals surface area contributed by atoms with Crippen LogP contribution in [0.1, 0.15) is 46.5 Å². The highest BCUT2D eigenvalue weighted by molar-refractivity contribution is 7.99. The zero-order valence-electron chi connectivity index (χ0n) is 14.0. The van der Waals surface area contributed by atoms with Gasteiger partial charge in [0.15, 0.2) is 0 Å². The van der Waals surface area contributed by atoms with Crippen LogP contribution in [0.5, 0.6) is 0 Å².